The Balaban J connectivity index is 2.54. The minimum absolute atomic E-state index is 0.259. The number of aryl methyl sites for hydroxylation is 1. The molecule has 1 heterocycles. The molecule has 0 aliphatic carbocycles. The topological polar surface area (TPSA) is 56.5 Å². The highest BCUT2D eigenvalue weighted by Gasteiger charge is 2.16. The maximum absolute atomic E-state index is 11.9. The van der Waals surface area contributed by atoms with Crippen LogP contribution in [0.3, 0.4) is 0 Å². The van der Waals surface area contributed by atoms with Crippen LogP contribution in [0, 0.1) is 6.92 Å². The second-order valence-corrected chi connectivity index (χ2v) is 5.06. The standard InChI is InChI=1S/C15H13BrO4/c1-3-19-14(17)12-8-13(15(18)20-9(12)2)10-4-6-11(16)7-5-10/h4-8H,3H2,1-2H3. The van der Waals surface area contributed by atoms with Crippen molar-refractivity contribution in [2.24, 2.45) is 0 Å². The first-order valence-electron chi connectivity index (χ1n) is 6.10. The lowest BCUT2D eigenvalue weighted by atomic mass is 10.1. The van der Waals surface area contributed by atoms with E-state index in [-0.39, 0.29) is 17.9 Å². The van der Waals surface area contributed by atoms with Crippen LogP contribution >= 0.6 is 15.9 Å². The molecule has 1 aromatic carbocycles. The molecule has 0 radical (unpaired) electrons. The number of carbonyl (C=O) groups excluding carboxylic acids is 1. The van der Waals surface area contributed by atoms with Crippen molar-refractivity contribution >= 4 is 21.9 Å². The van der Waals surface area contributed by atoms with Crippen LogP contribution in [0.1, 0.15) is 23.0 Å². The van der Waals surface area contributed by atoms with Crippen molar-refractivity contribution in [3.05, 3.63) is 56.5 Å². The third-order valence-corrected chi connectivity index (χ3v) is 3.31. The van der Waals surface area contributed by atoms with E-state index in [0.29, 0.717) is 11.1 Å². The first kappa shape index (κ1) is 14.5. The zero-order chi connectivity index (χ0) is 14.7. The SMILES string of the molecule is CCOC(=O)c1cc(-c2ccc(Br)cc2)c(=O)oc1C. The zero-order valence-electron chi connectivity index (χ0n) is 11.1. The lowest BCUT2D eigenvalue weighted by Gasteiger charge is -2.07. The largest absolute Gasteiger partial charge is 0.462 e. The third-order valence-electron chi connectivity index (χ3n) is 2.78. The molecule has 0 bridgehead atoms. The highest BCUT2D eigenvalue weighted by molar-refractivity contribution is 9.10. The molecule has 0 saturated carbocycles. The average molecular weight is 337 g/mol. The Morgan fingerprint density at radius 1 is 1.30 bits per heavy atom. The van der Waals surface area contributed by atoms with Gasteiger partial charge in [0.2, 0.25) is 0 Å². The zero-order valence-corrected chi connectivity index (χ0v) is 12.7. The highest BCUT2D eigenvalue weighted by atomic mass is 79.9. The van der Waals surface area contributed by atoms with E-state index in [1.165, 1.54) is 6.07 Å². The minimum atomic E-state index is -0.493. The Morgan fingerprint density at radius 2 is 1.95 bits per heavy atom. The van der Waals surface area contributed by atoms with Gasteiger partial charge in [0.1, 0.15) is 5.76 Å². The van der Waals surface area contributed by atoms with Crippen molar-refractivity contribution < 1.29 is 13.9 Å². The van der Waals surface area contributed by atoms with Gasteiger partial charge in [-0.2, -0.15) is 0 Å². The fourth-order valence-corrected chi connectivity index (χ4v) is 2.06. The summed E-state index contributed by atoms with van der Waals surface area (Å²) in [5, 5.41) is 0. The van der Waals surface area contributed by atoms with E-state index in [9.17, 15) is 9.59 Å². The van der Waals surface area contributed by atoms with Gasteiger partial charge in [-0.05, 0) is 37.6 Å². The molecule has 0 fully saturated rings. The molecule has 0 spiro atoms. The molecule has 0 aliphatic rings. The molecule has 4 nitrogen and oxygen atoms in total. The first-order valence-corrected chi connectivity index (χ1v) is 6.90. The molecule has 0 unspecified atom stereocenters. The summed E-state index contributed by atoms with van der Waals surface area (Å²) < 4.78 is 11.0. The second kappa shape index (κ2) is 6.05. The van der Waals surface area contributed by atoms with Gasteiger partial charge >= 0.3 is 11.6 Å². The number of benzene rings is 1. The Hall–Kier alpha value is -1.88. The summed E-state index contributed by atoms with van der Waals surface area (Å²) in [4.78, 5) is 23.8. The van der Waals surface area contributed by atoms with Gasteiger partial charge in [0, 0.05) is 4.47 Å². The van der Waals surface area contributed by atoms with Crippen molar-refractivity contribution in [3.63, 3.8) is 0 Å². The quantitative estimate of drug-likeness (QED) is 0.804. The predicted octanol–water partition coefficient (Wildman–Crippen LogP) is 3.55. The van der Waals surface area contributed by atoms with Crippen molar-refractivity contribution in [2.45, 2.75) is 13.8 Å². The van der Waals surface area contributed by atoms with Gasteiger partial charge in [-0.1, -0.05) is 28.1 Å². The number of hydrogen-bond donors (Lipinski definition) is 0. The molecular weight excluding hydrogens is 324 g/mol. The Kier molecular flexibility index (Phi) is 4.39. The number of hydrogen-bond acceptors (Lipinski definition) is 4. The van der Waals surface area contributed by atoms with E-state index in [1.807, 2.05) is 12.1 Å². The number of esters is 1. The highest BCUT2D eigenvalue weighted by Crippen LogP contribution is 2.21. The fourth-order valence-electron chi connectivity index (χ4n) is 1.80. The van der Waals surface area contributed by atoms with Crippen molar-refractivity contribution in [3.8, 4) is 11.1 Å². The smallest absolute Gasteiger partial charge is 0.343 e. The maximum Gasteiger partial charge on any atom is 0.343 e. The first-order chi connectivity index (χ1) is 9.52. The molecule has 20 heavy (non-hydrogen) atoms. The van der Waals surface area contributed by atoms with Gasteiger partial charge in [0.25, 0.3) is 0 Å². The van der Waals surface area contributed by atoms with Crippen molar-refractivity contribution in [1.82, 2.24) is 0 Å². The van der Waals surface area contributed by atoms with Crippen molar-refractivity contribution in [2.75, 3.05) is 6.61 Å². The molecule has 0 atom stereocenters. The van der Waals surface area contributed by atoms with E-state index in [4.69, 9.17) is 9.15 Å². The van der Waals surface area contributed by atoms with Crippen LogP contribution in [-0.2, 0) is 4.74 Å². The number of rotatable bonds is 3. The van der Waals surface area contributed by atoms with E-state index in [2.05, 4.69) is 15.9 Å². The predicted molar refractivity (Wildman–Crippen MR) is 78.8 cm³/mol. The monoisotopic (exact) mass is 336 g/mol. The van der Waals surface area contributed by atoms with E-state index in [1.54, 1.807) is 26.0 Å². The molecule has 0 amide bonds. The number of ether oxygens (including phenoxy) is 1. The summed E-state index contributed by atoms with van der Waals surface area (Å²) in [6.07, 6.45) is 0. The van der Waals surface area contributed by atoms with E-state index >= 15 is 0 Å². The summed E-state index contributed by atoms with van der Waals surface area (Å²) >= 11 is 3.33. The van der Waals surface area contributed by atoms with Crippen LogP contribution in [0.4, 0.5) is 0 Å². The number of carbonyl (C=O) groups is 1. The molecule has 0 aliphatic heterocycles. The van der Waals surface area contributed by atoms with Crippen molar-refractivity contribution in [1.29, 1.82) is 0 Å². The molecular formula is C15H13BrO4. The summed E-state index contributed by atoms with van der Waals surface area (Å²) in [5.41, 5.74) is 0.820. The second-order valence-electron chi connectivity index (χ2n) is 4.14. The van der Waals surface area contributed by atoms with E-state index < -0.39 is 11.6 Å². The van der Waals surface area contributed by atoms with Gasteiger partial charge in [-0.3, -0.25) is 0 Å². The average Bonchev–Trinajstić information content (AvgIpc) is 2.40. The molecule has 2 rings (SSSR count). The fraction of sp³-hybridized carbons (Fsp3) is 0.200. The molecule has 1 aromatic heterocycles. The summed E-state index contributed by atoms with van der Waals surface area (Å²) in [6, 6.07) is 8.71. The van der Waals surface area contributed by atoms with Crippen LogP contribution < -0.4 is 5.63 Å². The van der Waals surface area contributed by atoms with E-state index in [0.717, 1.165) is 4.47 Å². The normalized spacial score (nSPS) is 10.3. The Labute approximate surface area is 124 Å². The molecule has 2 aromatic rings. The van der Waals surface area contributed by atoms with Gasteiger partial charge in [-0.25, -0.2) is 9.59 Å². The molecule has 0 N–H and O–H groups in total. The molecule has 104 valence electrons. The Morgan fingerprint density at radius 3 is 2.55 bits per heavy atom. The van der Waals surface area contributed by atoms with Crippen LogP contribution in [0.2, 0.25) is 0 Å². The summed E-state index contributed by atoms with van der Waals surface area (Å²) in [5.74, 6) is -0.235. The van der Waals surface area contributed by atoms with Crippen LogP contribution in [0.15, 0.2) is 44.0 Å². The third kappa shape index (κ3) is 2.99. The number of halogens is 1. The summed E-state index contributed by atoms with van der Waals surface area (Å²) in [7, 11) is 0. The van der Waals surface area contributed by atoms with Gasteiger partial charge in [0.15, 0.2) is 0 Å². The van der Waals surface area contributed by atoms with Gasteiger partial charge in [0.05, 0.1) is 17.7 Å². The Bertz CT molecular complexity index is 686. The van der Waals surface area contributed by atoms with Crippen LogP contribution in [0.5, 0.6) is 0 Å². The van der Waals surface area contributed by atoms with Crippen LogP contribution in [0.25, 0.3) is 11.1 Å². The molecule has 0 saturated heterocycles. The lowest BCUT2D eigenvalue weighted by Crippen LogP contribution is -2.12. The van der Waals surface area contributed by atoms with Gasteiger partial charge < -0.3 is 9.15 Å². The summed E-state index contributed by atoms with van der Waals surface area (Å²) in [6.45, 7) is 3.56. The molecule has 5 heteroatoms. The minimum Gasteiger partial charge on any atom is -0.462 e. The van der Waals surface area contributed by atoms with Crippen LogP contribution in [-0.4, -0.2) is 12.6 Å². The van der Waals surface area contributed by atoms with Gasteiger partial charge in [-0.15, -0.1) is 0 Å². The maximum atomic E-state index is 11.9. The lowest BCUT2D eigenvalue weighted by molar-refractivity contribution is 0.0522.